The van der Waals surface area contributed by atoms with Crippen molar-refractivity contribution in [3.8, 4) is 0 Å². The van der Waals surface area contributed by atoms with Crippen LogP contribution in [0.4, 0.5) is 0 Å². The van der Waals surface area contributed by atoms with E-state index in [4.69, 9.17) is 9.47 Å². The molecule has 170 valence electrons. The number of nitrogens with zero attached hydrogens (tertiary/aromatic N) is 2. The number of aliphatic hydroxyl groups is 2. The highest BCUT2D eigenvalue weighted by atomic mass is 16.5. The molecule has 1 aliphatic carbocycles. The predicted molar refractivity (Wildman–Crippen MR) is 115 cm³/mol. The van der Waals surface area contributed by atoms with Crippen LogP contribution in [0.5, 0.6) is 0 Å². The number of hydrogen-bond acceptors (Lipinski definition) is 8. The van der Waals surface area contributed by atoms with Gasteiger partial charge in [0.1, 0.15) is 18.8 Å². The zero-order valence-corrected chi connectivity index (χ0v) is 17.9. The van der Waals surface area contributed by atoms with Crippen LogP contribution in [0.15, 0.2) is 41.1 Å². The molecule has 8 heteroatoms. The van der Waals surface area contributed by atoms with E-state index >= 15 is 0 Å². The average Bonchev–Trinajstić information content (AvgIpc) is 3.26. The second-order valence-electron chi connectivity index (χ2n) is 8.25. The summed E-state index contributed by atoms with van der Waals surface area (Å²) in [7, 11) is 0. The minimum Gasteiger partial charge on any atom is -0.496 e. The van der Waals surface area contributed by atoms with E-state index < -0.39 is 24.1 Å². The van der Waals surface area contributed by atoms with Crippen LogP contribution in [0.25, 0.3) is 0 Å². The molecular weight excluding hydrogens is 400 g/mol. The number of cyclic esters (lactones) is 1. The van der Waals surface area contributed by atoms with E-state index in [1.165, 1.54) is 6.08 Å². The number of aliphatic hydroxyl groups excluding tert-OH is 2. The van der Waals surface area contributed by atoms with E-state index in [2.05, 4.69) is 9.89 Å². The molecule has 0 radical (unpaired) electrons. The van der Waals surface area contributed by atoms with Crippen LogP contribution in [-0.2, 0) is 19.1 Å². The van der Waals surface area contributed by atoms with Crippen molar-refractivity contribution in [3.05, 3.63) is 36.1 Å². The minimum atomic E-state index is -1.48. The third-order valence-corrected chi connectivity index (χ3v) is 5.77. The molecule has 0 saturated carbocycles. The summed E-state index contributed by atoms with van der Waals surface area (Å²) in [6, 6.07) is 0. The molecule has 0 aromatic carbocycles. The topological polar surface area (TPSA) is 109 Å². The van der Waals surface area contributed by atoms with Gasteiger partial charge in [-0.3, -0.25) is 14.6 Å². The number of carbonyl (C=O) groups is 2. The van der Waals surface area contributed by atoms with E-state index in [0.29, 0.717) is 25.9 Å². The Hall–Kier alpha value is -2.45. The summed E-state index contributed by atoms with van der Waals surface area (Å²) in [6.45, 7) is 4.80. The van der Waals surface area contributed by atoms with E-state index in [0.717, 1.165) is 25.4 Å². The maximum Gasteiger partial charge on any atom is 0.310 e. The van der Waals surface area contributed by atoms with Crippen LogP contribution in [0.1, 0.15) is 32.6 Å². The van der Waals surface area contributed by atoms with Crippen molar-refractivity contribution in [1.29, 1.82) is 0 Å². The Morgan fingerprint density at radius 1 is 1.23 bits per heavy atom. The SMILES string of the molecule is CC1C/C=C\C(=O)C(O)C(O)C/C=C/C2CC(OCCN3C=NCC3)=CCC2C(=O)O1. The van der Waals surface area contributed by atoms with Gasteiger partial charge in [-0.25, -0.2) is 0 Å². The predicted octanol–water partition coefficient (Wildman–Crippen LogP) is 1.39. The Morgan fingerprint density at radius 3 is 2.84 bits per heavy atom. The lowest BCUT2D eigenvalue weighted by atomic mass is 9.81. The zero-order valence-electron chi connectivity index (χ0n) is 17.9. The molecule has 0 aromatic heterocycles. The summed E-state index contributed by atoms with van der Waals surface area (Å²) in [5.74, 6) is -0.488. The largest absolute Gasteiger partial charge is 0.496 e. The molecule has 8 nitrogen and oxygen atoms in total. The van der Waals surface area contributed by atoms with Gasteiger partial charge in [0.05, 0.1) is 37.2 Å². The summed E-state index contributed by atoms with van der Waals surface area (Å²) in [6.07, 6.45) is 8.65. The standard InChI is InChI=1S/C23H32N2O6/c1-16-4-2-6-20(26)22(28)21(27)7-3-5-17-14-18(8-9-19(17)23(29)31-16)30-13-12-25-11-10-24-15-25/h2-3,5-6,8,15-17,19,21-22,27-28H,4,7,9-14H2,1H3/b5-3+,6-2-. The van der Waals surface area contributed by atoms with Crippen molar-refractivity contribution < 1.29 is 29.3 Å². The Balaban J connectivity index is 1.67. The fourth-order valence-corrected chi connectivity index (χ4v) is 3.88. The van der Waals surface area contributed by atoms with E-state index in [1.807, 2.05) is 18.5 Å². The maximum atomic E-state index is 12.8. The first-order valence-corrected chi connectivity index (χ1v) is 10.9. The van der Waals surface area contributed by atoms with Crippen molar-refractivity contribution in [2.24, 2.45) is 16.8 Å². The maximum absolute atomic E-state index is 12.8. The first-order chi connectivity index (χ1) is 14.9. The molecule has 5 atom stereocenters. The third-order valence-electron chi connectivity index (χ3n) is 5.77. The van der Waals surface area contributed by atoms with Gasteiger partial charge < -0.3 is 24.6 Å². The van der Waals surface area contributed by atoms with Gasteiger partial charge in [0.2, 0.25) is 0 Å². The monoisotopic (exact) mass is 432 g/mol. The summed E-state index contributed by atoms with van der Waals surface area (Å²) < 4.78 is 11.5. The molecule has 0 aromatic rings. The summed E-state index contributed by atoms with van der Waals surface area (Å²) in [4.78, 5) is 31.0. The van der Waals surface area contributed by atoms with Crippen molar-refractivity contribution in [1.82, 2.24) is 4.90 Å². The molecule has 5 unspecified atom stereocenters. The van der Waals surface area contributed by atoms with Gasteiger partial charge in [-0.05, 0) is 37.8 Å². The average molecular weight is 433 g/mol. The zero-order chi connectivity index (χ0) is 22.2. The summed E-state index contributed by atoms with van der Waals surface area (Å²) >= 11 is 0. The molecule has 2 heterocycles. The van der Waals surface area contributed by atoms with Crippen molar-refractivity contribution in [2.45, 2.75) is 50.9 Å². The van der Waals surface area contributed by atoms with Crippen LogP contribution >= 0.6 is 0 Å². The molecule has 0 spiro atoms. The Bertz CT molecular complexity index is 759. The molecule has 3 rings (SSSR count). The van der Waals surface area contributed by atoms with Gasteiger partial charge in [0, 0.05) is 19.4 Å². The number of esters is 1. The van der Waals surface area contributed by atoms with Crippen molar-refractivity contribution in [2.75, 3.05) is 26.2 Å². The molecular formula is C23H32N2O6. The van der Waals surface area contributed by atoms with Gasteiger partial charge in [-0.1, -0.05) is 18.2 Å². The van der Waals surface area contributed by atoms with Crippen LogP contribution in [0.3, 0.4) is 0 Å². The van der Waals surface area contributed by atoms with Gasteiger partial charge in [0.15, 0.2) is 5.78 Å². The first-order valence-electron chi connectivity index (χ1n) is 10.9. The molecule has 2 aliphatic heterocycles. The molecule has 0 amide bonds. The fraction of sp³-hybridized carbons (Fsp3) is 0.609. The number of rotatable bonds is 4. The highest BCUT2D eigenvalue weighted by Gasteiger charge is 2.33. The Kier molecular flexibility index (Phi) is 8.43. The molecule has 31 heavy (non-hydrogen) atoms. The Morgan fingerprint density at radius 2 is 2.06 bits per heavy atom. The molecule has 0 fully saturated rings. The van der Waals surface area contributed by atoms with Gasteiger partial charge in [-0.2, -0.15) is 0 Å². The molecule has 0 bridgehead atoms. The van der Waals surface area contributed by atoms with Gasteiger partial charge in [0.25, 0.3) is 0 Å². The molecule has 0 saturated heterocycles. The third kappa shape index (κ3) is 6.77. The normalized spacial score (nSPS) is 34.4. The number of ketones is 1. The Labute approximate surface area is 182 Å². The second-order valence-corrected chi connectivity index (χ2v) is 8.25. The number of allylic oxidation sites excluding steroid dienone is 3. The van der Waals surface area contributed by atoms with Crippen molar-refractivity contribution >= 4 is 18.1 Å². The highest BCUT2D eigenvalue weighted by Crippen LogP contribution is 2.33. The van der Waals surface area contributed by atoms with E-state index in [-0.39, 0.29) is 24.2 Å². The quantitative estimate of drug-likeness (QED) is 0.510. The number of aliphatic imine (C=N–C) groups is 1. The molecule has 2 N–H and O–H groups in total. The summed E-state index contributed by atoms with van der Waals surface area (Å²) in [5, 5.41) is 20.1. The lowest BCUT2D eigenvalue weighted by Gasteiger charge is -2.29. The van der Waals surface area contributed by atoms with Gasteiger partial charge >= 0.3 is 5.97 Å². The minimum absolute atomic E-state index is 0.115. The number of hydrogen-bond donors (Lipinski definition) is 2. The number of ether oxygens (including phenoxy) is 2. The fourth-order valence-electron chi connectivity index (χ4n) is 3.88. The van der Waals surface area contributed by atoms with Gasteiger partial charge in [-0.15, -0.1) is 0 Å². The number of carbonyl (C=O) groups excluding carboxylic acids is 2. The lowest BCUT2D eigenvalue weighted by Crippen LogP contribution is -2.33. The number of fused-ring (bicyclic) bond motifs is 1. The molecule has 3 aliphatic rings. The lowest BCUT2D eigenvalue weighted by molar-refractivity contribution is -0.154. The van der Waals surface area contributed by atoms with Crippen molar-refractivity contribution in [3.63, 3.8) is 0 Å². The highest BCUT2D eigenvalue weighted by molar-refractivity contribution is 5.93. The smallest absolute Gasteiger partial charge is 0.310 e. The second kappa shape index (κ2) is 11.2. The van der Waals surface area contributed by atoms with Crippen LogP contribution < -0.4 is 0 Å². The van der Waals surface area contributed by atoms with E-state index in [1.54, 1.807) is 19.1 Å². The van der Waals surface area contributed by atoms with Crippen LogP contribution in [-0.4, -0.2) is 77.8 Å². The van der Waals surface area contributed by atoms with Crippen LogP contribution in [0, 0.1) is 11.8 Å². The first kappa shape index (κ1) is 23.2. The van der Waals surface area contributed by atoms with Crippen LogP contribution in [0.2, 0.25) is 0 Å². The van der Waals surface area contributed by atoms with E-state index in [9.17, 15) is 19.8 Å². The summed E-state index contributed by atoms with van der Waals surface area (Å²) in [5.41, 5.74) is 0.